The van der Waals surface area contributed by atoms with Crippen LogP contribution in [0.2, 0.25) is 0 Å². The second-order valence-corrected chi connectivity index (χ2v) is 4.78. The van der Waals surface area contributed by atoms with E-state index in [1.54, 1.807) is 35.6 Å². The Morgan fingerprint density at radius 2 is 2.00 bits per heavy atom. The summed E-state index contributed by atoms with van der Waals surface area (Å²) in [6.45, 7) is 0. The predicted octanol–water partition coefficient (Wildman–Crippen LogP) is 3.46. The summed E-state index contributed by atoms with van der Waals surface area (Å²) in [6.07, 6.45) is 1.19. The Kier molecular flexibility index (Phi) is 4.35. The van der Waals surface area contributed by atoms with Gasteiger partial charge in [-0.15, -0.1) is 0 Å². The van der Waals surface area contributed by atoms with Gasteiger partial charge in [-0.3, -0.25) is 0 Å². The highest BCUT2D eigenvalue weighted by atomic mass is 32.1. The molecule has 0 aliphatic heterocycles. The van der Waals surface area contributed by atoms with Crippen molar-refractivity contribution >= 4 is 23.0 Å². The Balaban J connectivity index is 2.44. The van der Waals surface area contributed by atoms with E-state index in [1.807, 2.05) is 16.8 Å². The lowest BCUT2D eigenvalue weighted by molar-refractivity contribution is 0.0698. The first kappa shape index (κ1) is 14.3. The molecule has 0 spiro atoms. The molecule has 5 nitrogen and oxygen atoms in total. The molecule has 21 heavy (non-hydrogen) atoms. The van der Waals surface area contributed by atoms with Gasteiger partial charge in [0.15, 0.2) is 0 Å². The average Bonchev–Trinajstić information content (AvgIpc) is 3.02. The molecule has 2 N–H and O–H groups in total. The smallest absolute Gasteiger partial charge is 0.337 e. The molecule has 2 rings (SSSR count). The molecular weight excluding hydrogens is 286 g/mol. The number of aromatic carboxylic acids is 1. The Morgan fingerprint density at radius 1 is 1.24 bits per heavy atom. The first-order valence-electron chi connectivity index (χ1n) is 5.82. The normalized spacial score (nSPS) is 9.24. The van der Waals surface area contributed by atoms with Gasteiger partial charge in [-0.25, -0.2) is 4.79 Å². The second kappa shape index (κ2) is 6.38. The lowest BCUT2D eigenvalue weighted by atomic mass is 10.0. The third-order valence-electron chi connectivity index (χ3n) is 2.72. The van der Waals surface area contributed by atoms with E-state index in [0.29, 0.717) is 5.69 Å². The van der Waals surface area contributed by atoms with Gasteiger partial charge in [0.1, 0.15) is 17.7 Å². The number of hydrogen-bond donors (Lipinski definition) is 2. The summed E-state index contributed by atoms with van der Waals surface area (Å²) in [5, 5.41) is 33.2. The molecule has 0 saturated heterocycles. The van der Waals surface area contributed by atoms with Gasteiger partial charge in [0.2, 0.25) is 0 Å². The summed E-state index contributed by atoms with van der Waals surface area (Å²) in [4.78, 5) is 11.2. The molecule has 0 unspecified atom stereocenters. The van der Waals surface area contributed by atoms with Crippen LogP contribution in [0.1, 0.15) is 10.4 Å². The lowest BCUT2D eigenvalue weighted by Crippen LogP contribution is -2.02. The van der Waals surface area contributed by atoms with Gasteiger partial charge in [-0.1, -0.05) is 6.07 Å². The summed E-state index contributed by atoms with van der Waals surface area (Å²) in [6, 6.07) is 10.2. The van der Waals surface area contributed by atoms with Crippen molar-refractivity contribution in [2.75, 3.05) is 5.32 Å². The van der Waals surface area contributed by atoms with Crippen LogP contribution in [0.4, 0.5) is 5.69 Å². The fourth-order valence-corrected chi connectivity index (χ4v) is 2.36. The van der Waals surface area contributed by atoms with Crippen LogP contribution in [-0.2, 0) is 0 Å². The van der Waals surface area contributed by atoms with E-state index in [0.717, 1.165) is 11.1 Å². The fraction of sp³-hybridized carbons (Fsp3) is 0. The number of nitriles is 2. The van der Waals surface area contributed by atoms with Crippen molar-refractivity contribution in [3.63, 3.8) is 0 Å². The number of nitrogens with one attached hydrogen (secondary N) is 1. The number of benzene rings is 1. The maximum absolute atomic E-state index is 11.2. The molecule has 2 aromatic rings. The highest BCUT2D eigenvalue weighted by Crippen LogP contribution is 2.27. The van der Waals surface area contributed by atoms with E-state index in [-0.39, 0.29) is 11.1 Å². The highest BCUT2D eigenvalue weighted by molar-refractivity contribution is 7.08. The monoisotopic (exact) mass is 295 g/mol. The molecule has 0 radical (unpaired) electrons. The van der Waals surface area contributed by atoms with E-state index >= 15 is 0 Å². The maximum Gasteiger partial charge on any atom is 0.337 e. The molecule has 0 aliphatic rings. The van der Waals surface area contributed by atoms with Crippen LogP contribution in [0.25, 0.3) is 11.1 Å². The average molecular weight is 295 g/mol. The van der Waals surface area contributed by atoms with Crippen LogP contribution in [0, 0.1) is 22.7 Å². The molecule has 102 valence electrons. The third kappa shape index (κ3) is 3.27. The molecule has 0 aliphatic carbocycles. The van der Waals surface area contributed by atoms with Crippen LogP contribution in [0.5, 0.6) is 0 Å². The first-order chi connectivity index (χ1) is 10.2. The molecule has 1 aromatic carbocycles. The van der Waals surface area contributed by atoms with Crippen molar-refractivity contribution in [3.05, 3.63) is 52.4 Å². The van der Waals surface area contributed by atoms with Crippen LogP contribution >= 0.6 is 11.3 Å². The van der Waals surface area contributed by atoms with Gasteiger partial charge < -0.3 is 10.4 Å². The number of carboxylic acid groups (broad SMARTS) is 1. The molecule has 0 fully saturated rings. The SMILES string of the molecule is N#CC(C#N)=CNc1cc(-c2ccsc2)ccc1C(=O)O. The van der Waals surface area contributed by atoms with Gasteiger partial charge in [-0.05, 0) is 40.1 Å². The zero-order valence-corrected chi connectivity index (χ0v) is 11.5. The van der Waals surface area contributed by atoms with E-state index in [9.17, 15) is 9.90 Å². The van der Waals surface area contributed by atoms with Gasteiger partial charge in [0, 0.05) is 6.20 Å². The van der Waals surface area contributed by atoms with Crippen LogP contribution in [-0.4, -0.2) is 11.1 Å². The zero-order valence-electron chi connectivity index (χ0n) is 10.7. The third-order valence-corrected chi connectivity index (χ3v) is 3.40. The Labute approximate surface area is 125 Å². The summed E-state index contributed by atoms with van der Waals surface area (Å²) < 4.78 is 0. The van der Waals surface area contributed by atoms with Crippen LogP contribution in [0.3, 0.4) is 0 Å². The number of rotatable bonds is 4. The maximum atomic E-state index is 11.2. The van der Waals surface area contributed by atoms with Crippen LogP contribution in [0.15, 0.2) is 46.8 Å². The van der Waals surface area contributed by atoms with E-state index in [4.69, 9.17) is 10.5 Å². The Morgan fingerprint density at radius 3 is 2.57 bits per heavy atom. The number of anilines is 1. The number of carboxylic acids is 1. The number of carbonyl (C=O) groups is 1. The standard InChI is InChI=1S/C15H9N3O2S/c16-6-10(7-17)8-18-14-5-11(12-3-4-21-9-12)1-2-13(14)15(19)20/h1-5,8-9,18H,(H,19,20). The Bertz CT molecular complexity index is 764. The van der Waals surface area contributed by atoms with Crippen molar-refractivity contribution in [2.24, 2.45) is 0 Å². The summed E-state index contributed by atoms with van der Waals surface area (Å²) in [5.41, 5.74) is 2.10. The molecular formula is C15H9N3O2S. The van der Waals surface area contributed by atoms with Crippen molar-refractivity contribution in [2.45, 2.75) is 0 Å². The predicted molar refractivity (Wildman–Crippen MR) is 79.6 cm³/mol. The topological polar surface area (TPSA) is 96.9 Å². The molecule has 0 atom stereocenters. The first-order valence-corrected chi connectivity index (χ1v) is 6.77. The quantitative estimate of drug-likeness (QED) is 0.842. The molecule has 0 saturated carbocycles. The second-order valence-electron chi connectivity index (χ2n) is 4.00. The minimum Gasteiger partial charge on any atom is -0.478 e. The molecule has 0 amide bonds. The minimum atomic E-state index is -1.08. The van der Waals surface area contributed by atoms with E-state index < -0.39 is 5.97 Å². The van der Waals surface area contributed by atoms with Gasteiger partial charge >= 0.3 is 5.97 Å². The zero-order chi connectivity index (χ0) is 15.2. The van der Waals surface area contributed by atoms with Crippen LogP contribution < -0.4 is 5.32 Å². The Hall–Kier alpha value is -3.09. The molecule has 0 bridgehead atoms. The molecule has 1 aromatic heterocycles. The van der Waals surface area contributed by atoms with Crippen molar-refractivity contribution in [1.29, 1.82) is 10.5 Å². The molecule has 1 heterocycles. The number of nitrogens with zero attached hydrogens (tertiary/aromatic N) is 2. The minimum absolute atomic E-state index is 0.0699. The number of thiophene rings is 1. The van der Waals surface area contributed by atoms with Crippen molar-refractivity contribution in [3.8, 4) is 23.3 Å². The largest absolute Gasteiger partial charge is 0.478 e. The van der Waals surface area contributed by atoms with Gasteiger partial charge in [-0.2, -0.15) is 21.9 Å². The summed E-state index contributed by atoms with van der Waals surface area (Å²) in [7, 11) is 0. The summed E-state index contributed by atoms with van der Waals surface area (Å²) >= 11 is 1.54. The number of hydrogen-bond acceptors (Lipinski definition) is 5. The summed E-state index contributed by atoms with van der Waals surface area (Å²) in [5.74, 6) is -1.08. The number of allylic oxidation sites excluding steroid dienone is 1. The fourth-order valence-electron chi connectivity index (χ4n) is 1.70. The van der Waals surface area contributed by atoms with Crippen molar-refractivity contribution < 1.29 is 9.90 Å². The highest BCUT2D eigenvalue weighted by Gasteiger charge is 2.11. The molecule has 6 heteroatoms. The van der Waals surface area contributed by atoms with Gasteiger partial charge in [0.25, 0.3) is 0 Å². The van der Waals surface area contributed by atoms with E-state index in [1.165, 1.54) is 12.3 Å². The van der Waals surface area contributed by atoms with Gasteiger partial charge in [0.05, 0.1) is 11.3 Å². The van der Waals surface area contributed by atoms with E-state index in [2.05, 4.69) is 5.32 Å². The van der Waals surface area contributed by atoms with Crippen molar-refractivity contribution in [1.82, 2.24) is 0 Å². The lowest BCUT2D eigenvalue weighted by Gasteiger charge is -2.08.